The molecule has 0 fully saturated rings. The number of rotatable bonds is 7. The molecule has 1 aromatic heterocycles. The zero-order valence-electron chi connectivity index (χ0n) is 18.2. The molecular weight excluding hydrogens is 426 g/mol. The number of ketones is 1. The predicted octanol–water partition coefficient (Wildman–Crippen LogP) is 1.93. The van der Waals surface area contributed by atoms with E-state index in [1.165, 1.54) is 38.2 Å². The third-order valence-electron chi connectivity index (χ3n) is 5.68. The molecule has 8 nitrogen and oxygen atoms in total. The number of nitrogens with zero attached hydrogens (tertiary/aromatic N) is 1. The van der Waals surface area contributed by atoms with Gasteiger partial charge in [-0.15, -0.1) is 0 Å². The minimum Gasteiger partial charge on any atom is -0.491 e. The van der Waals surface area contributed by atoms with E-state index in [1.807, 2.05) is 0 Å². The van der Waals surface area contributed by atoms with Gasteiger partial charge in [0, 0.05) is 38.6 Å². The Labute approximate surface area is 183 Å². The van der Waals surface area contributed by atoms with Crippen LogP contribution in [-0.2, 0) is 22.6 Å². The molecule has 0 bridgehead atoms. The number of hydrogen-bond donors (Lipinski definition) is 1. The highest BCUT2D eigenvalue weighted by Gasteiger charge is 2.48. The molecule has 172 valence electrons. The molecule has 3 rings (SSSR count). The lowest BCUT2D eigenvalue weighted by Gasteiger charge is -2.40. The lowest BCUT2D eigenvalue weighted by Crippen LogP contribution is -2.52. The van der Waals surface area contributed by atoms with E-state index in [0.29, 0.717) is 6.07 Å². The van der Waals surface area contributed by atoms with Crippen LogP contribution in [0.3, 0.4) is 0 Å². The van der Waals surface area contributed by atoms with Crippen molar-refractivity contribution in [1.82, 2.24) is 9.88 Å². The summed E-state index contributed by atoms with van der Waals surface area (Å²) in [6, 6.07) is 2.96. The van der Waals surface area contributed by atoms with E-state index in [0.717, 1.165) is 6.07 Å². The zero-order chi connectivity index (χ0) is 23.6. The Morgan fingerprint density at radius 1 is 1.25 bits per heavy atom. The summed E-state index contributed by atoms with van der Waals surface area (Å²) in [5, 5.41) is 2.44. The highest BCUT2D eigenvalue weighted by molar-refractivity contribution is 6.03. The third-order valence-corrected chi connectivity index (χ3v) is 5.68. The van der Waals surface area contributed by atoms with Gasteiger partial charge in [-0.1, -0.05) is 6.07 Å². The molecule has 0 unspecified atom stereocenters. The Morgan fingerprint density at radius 3 is 2.56 bits per heavy atom. The molecule has 2 atom stereocenters. The molecule has 32 heavy (non-hydrogen) atoms. The molecule has 1 N–H and O–H groups in total. The summed E-state index contributed by atoms with van der Waals surface area (Å²) >= 11 is 0. The molecule has 2 aromatic rings. The van der Waals surface area contributed by atoms with Gasteiger partial charge in [-0.05, 0) is 13.0 Å². The predicted molar refractivity (Wildman–Crippen MR) is 110 cm³/mol. The van der Waals surface area contributed by atoms with Crippen molar-refractivity contribution in [3.05, 3.63) is 63.1 Å². The Kier molecular flexibility index (Phi) is 6.75. The molecule has 0 spiro atoms. The fourth-order valence-corrected chi connectivity index (χ4v) is 3.89. The number of halogens is 2. The first-order valence-corrected chi connectivity index (χ1v) is 9.78. The summed E-state index contributed by atoms with van der Waals surface area (Å²) in [6.45, 7) is 1.65. The number of ether oxygens (including phenoxy) is 3. The van der Waals surface area contributed by atoms with Crippen molar-refractivity contribution >= 4 is 11.7 Å². The normalized spacial score (nSPS) is 20.1. The van der Waals surface area contributed by atoms with Gasteiger partial charge in [-0.2, -0.15) is 0 Å². The first kappa shape index (κ1) is 23.6. The SMILES string of the molecule is COC[C@]1(C)C(=O)c2c(OC)c(=O)c(C(=O)NCc3ccc(F)cc3F)cn2C[C@@H]1OC. The highest BCUT2D eigenvalue weighted by atomic mass is 19.1. The fourth-order valence-electron chi connectivity index (χ4n) is 3.89. The highest BCUT2D eigenvalue weighted by Crippen LogP contribution is 2.37. The van der Waals surface area contributed by atoms with Gasteiger partial charge in [0.25, 0.3) is 5.91 Å². The molecule has 0 aliphatic carbocycles. The first-order chi connectivity index (χ1) is 15.2. The molecule has 1 aliphatic rings. The van der Waals surface area contributed by atoms with Crippen molar-refractivity contribution in [2.24, 2.45) is 5.41 Å². The van der Waals surface area contributed by atoms with Crippen LogP contribution in [0.5, 0.6) is 5.75 Å². The van der Waals surface area contributed by atoms with Crippen LogP contribution in [0.25, 0.3) is 0 Å². The smallest absolute Gasteiger partial charge is 0.257 e. The van der Waals surface area contributed by atoms with Crippen molar-refractivity contribution in [2.75, 3.05) is 27.9 Å². The Bertz CT molecular complexity index is 1120. The molecular formula is C22H24F2N2O6. The van der Waals surface area contributed by atoms with Crippen LogP contribution in [0.1, 0.15) is 33.3 Å². The van der Waals surface area contributed by atoms with Crippen LogP contribution in [-0.4, -0.2) is 50.3 Å². The number of carbonyl (C=O) groups is 2. The molecule has 1 aliphatic heterocycles. The van der Waals surface area contributed by atoms with E-state index in [2.05, 4.69) is 5.32 Å². The van der Waals surface area contributed by atoms with E-state index in [-0.39, 0.29) is 42.3 Å². The van der Waals surface area contributed by atoms with Crippen LogP contribution in [0, 0.1) is 17.0 Å². The number of amides is 1. The molecule has 0 saturated carbocycles. The Morgan fingerprint density at radius 2 is 1.97 bits per heavy atom. The monoisotopic (exact) mass is 450 g/mol. The second kappa shape index (κ2) is 9.17. The van der Waals surface area contributed by atoms with Crippen molar-refractivity contribution in [2.45, 2.75) is 26.1 Å². The standard InChI is InChI=1S/C22H24F2N2O6/c1-22(11-30-2)16(31-3)10-26-9-14(18(27)19(32-4)17(26)20(22)28)21(29)25-8-12-5-6-13(23)7-15(12)24/h5-7,9,16H,8,10-11H2,1-4H3,(H,25,29)/t16-,22-/m0/s1. The minimum absolute atomic E-state index is 0.0199. The lowest BCUT2D eigenvalue weighted by atomic mass is 9.76. The molecule has 1 amide bonds. The van der Waals surface area contributed by atoms with Crippen molar-refractivity contribution in [3.63, 3.8) is 0 Å². The van der Waals surface area contributed by atoms with Crippen molar-refractivity contribution < 1.29 is 32.6 Å². The molecule has 2 heterocycles. The van der Waals surface area contributed by atoms with Crippen LogP contribution < -0.4 is 15.5 Å². The summed E-state index contributed by atoms with van der Waals surface area (Å²) in [4.78, 5) is 39.0. The number of nitrogens with one attached hydrogen (secondary N) is 1. The second-order valence-electron chi connectivity index (χ2n) is 7.73. The number of Topliss-reactive ketones (excluding diaryl/α,β-unsaturated/α-hetero) is 1. The summed E-state index contributed by atoms with van der Waals surface area (Å²) in [6.07, 6.45) is 0.672. The molecule has 1 aromatic carbocycles. The number of methoxy groups -OCH3 is 3. The second-order valence-corrected chi connectivity index (χ2v) is 7.73. The number of hydrogen-bond acceptors (Lipinski definition) is 6. The van der Waals surface area contributed by atoms with Crippen LogP contribution in [0.15, 0.2) is 29.2 Å². The number of carbonyl (C=O) groups excluding carboxylic acids is 2. The van der Waals surface area contributed by atoms with Gasteiger partial charge in [-0.25, -0.2) is 8.78 Å². The molecule has 0 saturated heterocycles. The zero-order valence-corrected chi connectivity index (χ0v) is 18.2. The fraction of sp³-hybridized carbons (Fsp3) is 0.409. The largest absolute Gasteiger partial charge is 0.491 e. The van der Waals surface area contributed by atoms with Crippen LogP contribution in [0.4, 0.5) is 8.78 Å². The maximum absolute atomic E-state index is 13.8. The van der Waals surface area contributed by atoms with E-state index in [9.17, 15) is 23.2 Å². The summed E-state index contributed by atoms with van der Waals surface area (Å²) in [7, 11) is 4.15. The van der Waals surface area contributed by atoms with Crippen LogP contribution in [0.2, 0.25) is 0 Å². The van der Waals surface area contributed by atoms with Gasteiger partial charge in [-0.3, -0.25) is 14.4 Å². The van der Waals surface area contributed by atoms with Gasteiger partial charge < -0.3 is 24.1 Å². The first-order valence-electron chi connectivity index (χ1n) is 9.78. The number of benzene rings is 1. The Hall–Kier alpha value is -3.11. The maximum atomic E-state index is 13.8. The number of fused-ring (bicyclic) bond motifs is 1. The Balaban J connectivity index is 1.99. The third kappa shape index (κ3) is 4.03. The molecule has 10 heteroatoms. The van der Waals surface area contributed by atoms with Crippen LogP contribution >= 0.6 is 0 Å². The maximum Gasteiger partial charge on any atom is 0.257 e. The van der Waals surface area contributed by atoms with E-state index in [4.69, 9.17) is 14.2 Å². The summed E-state index contributed by atoms with van der Waals surface area (Å²) in [5.41, 5.74) is -2.06. The van der Waals surface area contributed by atoms with E-state index in [1.54, 1.807) is 6.92 Å². The van der Waals surface area contributed by atoms with E-state index >= 15 is 0 Å². The summed E-state index contributed by atoms with van der Waals surface area (Å²) < 4.78 is 44.3. The average molecular weight is 450 g/mol. The number of pyridine rings is 1. The molecule has 0 radical (unpaired) electrons. The average Bonchev–Trinajstić information content (AvgIpc) is 2.75. The van der Waals surface area contributed by atoms with E-state index < -0.39 is 40.3 Å². The van der Waals surface area contributed by atoms with Gasteiger partial charge in [0.1, 0.15) is 22.9 Å². The van der Waals surface area contributed by atoms with Gasteiger partial charge in [0.05, 0.1) is 31.8 Å². The van der Waals surface area contributed by atoms with Gasteiger partial charge in [0.2, 0.25) is 5.43 Å². The van der Waals surface area contributed by atoms with Crippen molar-refractivity contribution in [1.29, 1.82) is 0 Å². The van der Waals surface area contributed by atoms with Gasteiger partial charge in [0.15, 0.2) is 11.5 Å². The quantitative estimate of drug-likeness (QED) is 0.693. The lowest BCUT2D eigenvalue weighted by molar-refractivity contribution is -0.0449. The number of aromatic nitrogens is 1. The van der Waals surface area contributed by atoms with Crippen molar-refractivity contribution in [3.8, 4) is 5.75 Å². The van der Waals surface area contributed by atoms with Gasteiger partial charge >= 0.3 is 0 Å². The topological polar surface area (TPSA) is 95.9 Å². The summed E-state index contributed by atoms with van der Waals surface area (Å²) in [5.74, 6) is -3.04. The minimum atomic E-state index is -1.06.